The fourth-order valence-corrected chi connectivity index (χ4v) is 3.96. The van der Waals surface area contributed by atoms with Crippen molar-refractivity contribution in [2.24, 2.45) is 11.3 Å². The summed E-state index contributed by atoms with van der Waals surface area (Å²) in [4.78, 5) is 0. The second-order valence-electron chi connectivity index (χ2n) is 8.00. The van der Waals surface area contributed by atoms with Gasteiger partial charge in [0.1, 0.15) is 22.1 Å². The van der Waals surface area contributed by atoms with Crippen LogP contribution in [0.1, 0.15) is 45.7 Å². The molecule has 0 unspecified atom stereocenters. The first-order valence-electron chi connectivity index (χ1n) is 8.97. The lowest BCUT2D eigenvalue weighted by atomic mass is 9.55. The Bertz CT molecular complexity index is 998. The summed E-state index contributed by atoms with van der Waals surface area (Å²) in [5.41, 5.74) is 5.45. The quantitative estimate of drug-likeness (QED) is 0.578. The molecule has 0 radical (unpaired) electrons. The molecule has 2 aromatic carbocycles. The largest absolute Gasteiger partial charge is 0.197 e. The number of para-hydroxylation sites is 2. The van der Waals surface area contributed by atoms with E-state index in [4.69, 9.17) is 0 Å². The first-order valence-corrected chi connectivity index (χ1v) is 8.97. The van der Waals surface area contributed by atoms with Gasteiger partial charge in [-0.05, 0) is 34.6 Å². The predicted molar refractivity (Wildman–Crippen MR) is 103 cm³/mol. The van der Waals surface area contributed by atoms with E-state index in [0.717, 1.165) is 33.2 Å². The maximum Gasteiger partial charge on any atom is 0.117 e. The van der Waals surface area contributed by atoms with Crippen LogP contribution >= 0.6 is 0 Å². The third-order valence-corrected chi connectivity index (χ3v) is 6.50. The first kappa shape index (κ1) is 16.7. The van der Waals surface area contributed by atoms with Crippen molar-refractivity contribution in [3.05, 3.63) is 47.5 Å². The van der Waals surface area contributed by atoms with E-state index in [9.17, 15) is 0 Å². The van der Waals surface area contributed by atoms with Crippen molar-refractivity contribution in [3.8, 4) is 0 Å². The highest BCUT2D eigenvalue weighted by molar-refractivity contribution is 5.84. The summed E-state index contributed by atoms with van der Waals surface area (Å²) in [5.74, 6) is 0.428. The zero-order valence-corrected chi connectivity index (χ0v) is 15.8. The molecule has 2 N–H and O–H groups in total. The molecular formula is C20H24N6. The number of nitrogens with one attached hydrogen (secondary N) is 2. The van der Waals surface area contributed by atoms with Gasteiger partial charge in [0, 0.05) is 5.41 Å². The van der Waals surface area contributed by atoms with Gasteiger partial charge in [-0.2, -0.15) is 30.8 Å². The van der Waals surface area contributed by atoms with Crippen molar-refractivity contribution in [2.75, 3.05) is 0 Å². The Morgan fingerprint density at radius 3 is 1.62 bits per heavy atom. The van der Waals surface area contributed by atoms with Crippen LogP contribution in [-0.2, 0) is 5.41 Å². The second kappa shape index (κ2) is 5.62. The van der Waals surface area contributed by atoms with Crippen LogP contribution in [0, 0.1) is 11.3 Å². The van der Waals surface area contributed by atoms with E-state index in [0.29, 0.717) is 5.92 Å². The number of benzene rings is 2. The van der Waals surface area contributed by atoms with Crippen molar-refractivity contribution in [1.82, 2.24) is 30.8 Å². The molecule has 0 bridgehead atoms. The summed E-state index contributed by atoms with van der Waals surface area (Å²) in [6, 6.07) is 12.4. The van der Waals surface area contributed by atoms with Crippen LogP contribution in [0.4, 0.5) is 0 Å². The van der Waals surface area contributed by atoms with Gasteiger partial charge >= 0.3 is 0 Å². The fourth-order valence-electron chi connectivity index (χ4n) is 3.96. The normalized spacial score (nSPS) is 13.2. The minimum Gasteiger partial charge on any atom is -0.197 e. The molecule has 4 aromatic rings. The van der Waals surface area contributed by atoms with Gasteiger partial charge in [-0.3, -0.25) is 0 Å². The van der Waals surface area contributed by atoms with E-state index >= 15 is 0 Å². The Labute approximate surface area is 152 Å². The Morgan fingerprint density at radius 1 is 0.731 bits per heavy atom. The number of hydrogen-bond donors (Lipinski definition) is 2. The molecule has 0 saturated heterocycles. The summed E-state index contributed by atoms with van der Waals surface area (Å²) < 4.78 is 0. The molecule has 0 spiro atoms. The fraction of sp³-hybridized carbons (Fsp3) is 0.400. The number of H-pyrrole nitrogens is 2. The van der Waals surface area contributed by atoms with Gasteiger partial charge in [0.2, 0.25) is 0 Å². The monoisotopic (exact) mass is 348 g/mol. The van der Waals surface area contributed by atoms with Gasteiger partial charge in [-0.15, -0.1) is 0 Å². The van der Waals surface area contributed by atoms with Crippen LogP contribution in [0.25, 0.3) is 22.1 Å². The number of aromatic amines is 2. The molecule has 2 heterocycles. The SMILES string of the molecule is CC(C)C(C)(C)C(C)(c1cccc2n[nH]nc12)c1cccc2n[nH]nc12. The molecule has 4 rings (SSSR count). The molecule has 0 fully saturated rings. The van der Waals surface area contributed by atoms with Crippen LogP contribution in [0.5, 0.6) is 0 Å². The number of nitrogens with zero attached hydrogens (tertiary/aromatic N) is 4. The van der Waals surface area contributed by atoms with Gasteiger partial charge in [0.15, 0.2) is 0 Å². The number of fused-ring (bicyclic) bond motifs is 2. The minimum absolute atomic E-state index is 0.0759. The number of rotatable bonds is 4. The second-order valence-corrected chi connectivity index (χ2v) is 8.00. The minimum atomic E-state index is -0.339. The highest BCUT2D eigenvalue weighted by Gasteiger charge is 2.48. The molecule has 0 amide bonds. The average Bonchev–Trinajstić information content (AvgIpc) is 3.28. The Morgan fingerprint density at radius 2 is 1.19 bits per heavy atom. The van der Waals surface area contributed by atoms with Crippen LogP contribution in [-0.4, -0.2) is 30.8 Å². The van der Waals surface area contributed by atoms with Crippen LogP contribution in [0.15, 0.2) is 36.4 Å². The van der Waals surface area contributed by atoms with Gasteiger partial charge < -0.3 is 0 Å². The van der Waals surface area contributed by atoms with E-state index in [1.807, 2.05) is 12.1 Å². The summed E-state index contributed by atoms with van der Waals surface area (Å²) in [6.45, 7) is 11.5. The molecule has 26 heavy (non-hydrogen) atoms. The summed E-state index contributed by atoms with van der Waals surface area (Å²) in [7, 11) is 0. The molecule has 0 aliphatic heterocycles. The average molecular weight is 348 g/mol. The van der Waals surface area contributed by atoms with Gasteiger partial charge in [0.05, 0.1) is 0 Å². The number of aromatic nitrogens is 6. The molecule has 134 valence electrons. The van der Waals surface area contributed by atoms with Crippen LogP contribution in [0.2, 0.25) is 0 Å². The van der Waals surface area contributed by atoms with E-state index in [2.05, 4.69) is 89.7 Å². The van der Waals surface area contributed by atoms with Crippen molar-refractivity contribution >= 4 is 22.1 Å². The number of hydrogen-bond acceptors (Lipinski definition) is 4. The van der Waals surface area contributed by atoms with E-state index < -0.39 is 0 Å². The third-order valence-electron chi connectivity index (χ3n) is 6.50. The molecule has 0 saturated carbocycles. The van der Waals surface area contributed by atoms with E-state index in [1.165, 1.54) is 0 Å². The highest BCUT2D eigenvalue weighted by Crippen LogP contribution is 2.53. The Balaban J connectivity index is 2.13. The molecule has 6 heteroatoms. The Hall–Kier alpha value is -2.76. The predicted octanol–water partition coefficient (Wildman–Crippen LogP) is 4.22. The van der Waals surface area contributed by atoms with Gasteiger partial charge in [0.25, 0.3) is 0 Å². The van der Waals surface area contributed by atoms with Crippen LogP contribution in [0.3, 0.4) is 0 Å². The topological polar surface area (TPSA) is 83.1 Å². The van der Waals surface area contributed by atoms with Gasteiger partial charge in [-0.1, -0.05) is 58.9 Å². The lowest BCUT2D eigenvalue weighted by Crippen LogP contribution is -2.44. The maximum atomic E-state index is 4.47. The molecule has 0 aliphatic carbocycles. The summed E-state index contributed by atoms with van der Waals surface area (Å²) in [6.07, 6.45) is 0. The van der Waals surface area contributed by atoms with E-state index in [-0.39, 0.29) is 10.8 Å². The van der Waals surface area contributed by atoms with E-state index in [1.54, 1.807) is 0 Å². The molecule has 0 aliphatic rings. The smallest absolute Gasteiger partial charge is 0.117 e. The third kappa shape index (κ3) is 2.11. The molecular weight excluding hydrogens is 324 g/mol. The zero-order chi connectivity index (χ0) is 18.5. The lowest BCUT2D eigenvalue weighted by molar-refractivity contribution is 0.144. The maximum absolute atomic E-state index is 4.47. The first-order chi connectivity index (χ1) is 12.4. The highest BCUT2D eigenvalue weighted by atomic mass is 15.3. The molecule has 2 aromatic heterocycles. The van der Waals surface area contributed by atoms with Crippen LogP contribution < -0.4 is 0 Å². The summed E-state index contributed by atoms with van der Waals surface area (Å²) >= 11 is 0. The van der Waals surface area contributed by atoms with Gasteiger partial charge in [-0.25, -0.2) is 0 Å². The van der Waals surface area contributed by atoms with Crippen molar-refractivity contribution in [2.45, 2.75) is 40.0 Å². The lowest BCUT2D eigenvalue weighted by Gasteiger charge is -2.48. The Kier molecular flexibility index (Phi) is 3.61. The molecule has 6 nitrogen and oxygen atoms in total. The van der Waals surface area contributed by atoms with Crippen molar-refractivity contribution < 1.29 is 0 Å². The zero-order valence-electron chi connectivity index (χ0n) is 15.8. The summed E-state index contributed by atoms with van der Waals surface area (Å²) in [5, 5.41) is 23.1. The molecule has 0 atom stereocenters. The standard InChI is InChI=1S/C20H24N6/c1-12(2)19(3,4)20(5,13-8-6-10-15-17(13)23-25-21-15)14-9-7-11-16-18(14)24-26-22-16/h6-12H,1-5H3,(H,21,23,25)(H,22,24,26). The van der Waals surface area contributed by atoms with Crippen molar-refractivity contribution in [1.29, 1.82) is 0 Å². The van der Waals surface area contributed by atoms with Crippen molar-refractivity contribution in [3.63, 3.8) is 0 Å².